The summed E-state index contributed by atoms with van der Waals surface area (Å²) in [5.41, 5.74) is 0. The summed E-state index contributed by atoms with van der Waals surface area (Å²) in [6.07, 6.45) is -0.846. The number of rotatable bonds is 6. The second-order valence-electron chi connectivity index (χ2n) is 5.75. The zero-order chi connectivity index (χ0) is 16.9. The summed E-state index contributed by atoms with van der Waals surface area (Å²) in [6.45, 7) is 2.12. The standard InChI is InChI=1S/C14H21F3N4O2/c1-11(8-21-4-2-3-19-21)7-18-13(22)12-9-23-6-5-20(12)10-14(15,16)17/h2-4,11-12H,5-10H2,1H3,(H,18,22)/t11-,12-/m1/s1. The molecular weight excluding hydrogens is 313 g/mol. The summed E-state index contributed by atoms with van der Waals surface area (Å²) in [7, 11) is 0. The van der Waals surface area contributed by atoms with Crippen LogP contribution in [0.5, 0.6) is 0 Å². The molecule has 130 valence electrons. The van der Waals surface area contributed by atoms with Crippen LogP contribution in [0.15, 0.2) is 18.5 Å². The number of alkyl halides is 3. The van der Waals surface area contributed by atoms with Crippen molar-refractivity contribution in [2.75, 3.05) is 32.8 Å². The van der Waals surface area contributed by atoms with Gasteiger partial charge in [-0.2, -0.15) is 18.3 Å². The number of nitrogens with one attached hydrogen (secondary N) is 1. The Bertz CT molecular complexity index is 493. The summed E-state index contributed by atoms with van der Waals surface area (Å²) in [5, 5.41) is 6.79. The number of carbonyl (C=O) groups excluding carboxylic acids is 1. The molecule has 9 heteroatoms. The lowest BCUT2D eigenvalue weighted by Gasteiger charge is -2.35. The molecule has 1 aliphatic heterocycles. The van der Waals surface area contributed by atoms with E-state index in [1.54, 1.807) is 16.9 Å². The van der Waals surface area contributed by atoms with Gasteiger partial charge in [0.05, 0.1) is 19.8 Å². The molecule has 0 spiro atoms. The lowest BCUT2D eigenvalue weighted by Crippen LogP contribution is -2.56. The molecule has 6 nitrogen and oxygen atoms in total. The van der Waals surface area contributed by atoms with Crippen molar-refractivity contribution in [3.63, 3.8) is 0 Å². The van der Waals surface area contributed by atoms with Crippen LogP contribution in [0.2, 0.25) is 0 Å². The van der Waals surface area contributed by atoms with E-state index in [9.17, 15) is 18.0 Å². The molecule has 0 aromatic carbocycles. The predicted octanol–water partition coefficient (Wildman–Crippen LogP) is 0.898. The highest BCUT2D eigenvalue weighted by Gasteiger charge is 2.38. The van der Waals surface area contributed by atoms with Gasteiger partial charge in [-0.25, -0.2) is 0 Å². The molecule has 0 aliphatic carbocycles. The number of hydrogen-bond donors (Lipinski definition) is 1. The molecule has 23 heavy (non-hydrogen) atoms. The lowest BCUT2D eigenvalue weighted by atomic mass is 10.1. The quantitative estimate of drug-likeness (QED) is 0.840. The number of morpholine rings is 1. The van der Waals surface area contributed by atoms with Gasteiger partial charge >= 0.3 is 6.18 Å². The van der Waals surface area contributed by atoms with Crippen LogP contribution in [-0.4, -0.2) is 65.7 Å². The van der Waals surface area contributed by atoms with Gasteiger partial charge in [0.2, 0.25) is 5.91 Å². The zero-order valence-electron chi connectivity index (χ0n) is 12.9. The molecule has 0 bridgehead atoms. The van der Waals surface area contributed by atoms with Gasteiger partial charge in [-0.05, 0) is 12.0 Å². The van der Waals surface area contributed by atoms with Crippen molar-refractivity contribution in [3.8, 4) is 0 Å². The molecule has 2 rings (SSSR count). The van der Waals surface area contributed by atoms with Crippen molar-refractivity contribution >= 4 is 5.91 Å². The van der Waals surface area contributed by atoms with Crippen LogP contribution in [0.1, 0.15) is 6.92 Å². The Morgan fingerprint density at radius 1 is 1.52 bits per heavy atom. The van der Waals surface area contributed by atoms with Crippen LogP contribution >= 0.6 is 0 Å². The number of nitrogens with zero attached hydrogens (tertiary/aromatic N) is 3. The van der Waals surface area contributed by atoms with Gasteiger partial charge in [0.15, 0.2) is 0 Å². The molecule has 1 aliphatic rings. The van der Waals surface area contributed by atoms with Crippen LogP contribution in [-0.2, 0) is 16.1 Å². The fourth-order valence-electron chi connectivity index (χ4n) is 2.48. The lowest BCUT2D eigenvalue weighted by molar-refractivity contribution is -0.166. The van der Waals surface area contributed by atoms with Gasteiger partial charge in [-0.3, -0.25) is 14.4 Å². The first-order valence-corrected chi connectivity index (χ1v) is 7.49. The number of amides is 1. The molecular formula is C14H21F3N4O2. The van der Waals surface area contributed by atoms with E-state index in [0.29, 0.717) is 13.1 Å². The smallest absolute Gasteiger partial charge is 0.378 e. The first-order valence-electron chi connectivity index (χ1n) is 7.49. The molecule has 0 unspecified atom stereocenters. The molecule has 1 aromatic heterocycles. The first-order chi connectivity index (χ1) is 10.8. The monoisotopic (exact) mass is 334 g/mol. The van der Waals surface area contributed by atoms with Gasteiger partial charge in [0.25, 0.3) is 0 Å². The Labute approximate surface area is 132 Å². The van der Waals surface area contributed by atoms with Gasteiger partial charge in [-0.15, -0.1) is 0 Å². The molecule has 2 heterocycles. The highest BCUT2D eigenvalue weighted by Crippen LogP contribution is 2.19. The Kier molecular flexibility index (Phi) is 6.00. The topological polar surface area (TPSA) is 59.4 Å². The van der Waals surface area contributed by atoms with Crippen molar-refractivity contribution in [3.05, 3.63) is 18.5 Å². The Morgan fingerprint density at radius 3 is 2.96 bits per heavy atom. The Morgan fingerprint density at radius 2 is 2.30 bits per heavy atom. The van der Waals surface area contributed by atoms with E-state index in [1.165, 1.54) is 0 Å². The van der Waals surface area contributed by atoms with Crippen molar-refractivity contribution in [2.45, 2.75) is 25.7 Å². The van der Waals surface area contributed by atoms with Crippen LogP contribution in [0.4, 0.5) is 13.2 Å². The van der Waals surface area contributed by atoms with Gasteiger partial charge in [0.1, 0.15) is 6.04 Å². The normalized spacial score (nSPS) is 21.1. The van der Waals surface area contributed by atoms with E-state index in [0.717, 1.165) is 4.90 Å². The largest absolute Gasteiger partial charge is 0.401 e. The van der Waals surface area contributed by atoms with Crippen LogP contribution in [0.3, 0.4) is 0 Å². The fourth-order valence-corrected chi connectivity index (χ4v) is 2.48. The summed E-state index contributed by atoms with van der Waals surface area (Å²) in [4.78, 5) is 13.3. The van der Waals surface area contributed by atoms with E-state index in [4.69, 9.17) is 4.74 Å². The molecule has 1 N–H and O–H groups in total. The number of ether oxygens (including phenoxy) is 1. The summed E-state index contributed by atoms with van der Waals surface area (Å²) in [5.74, 6) is -0.319. The van der Waals surface area contributed by atoms with Crippen LogP contribution in [0.25, 0.3) is 0 Å². The van der Waals surface area contributed by atoms with Gasteiger partial charge in [0, 0.05) is 32.0 Å². The van der Waals surface area contributed by atoms with Crippen molar-refractivity contribution < 1.29 is 22.7 Å². The minimum Gasteiger partial charge on any atom is -0.378 e. The molecule has 1 amide bonds. The number of hydrogen-bond acceptors (Lipinski definition) is 4. The number of halogens is 3. The van der Waals surface area contributed by atoms with E-state index >= 15 is 0 Å². The second kappa shape index (κ2) is 7.78. The third-order valence-corrected chi connectivity index (χ3v) is 3.61. The molecule has 1 fully saturated rings. The highest BCUT2D eigenvalue weighted by molar-refractivity contribution is 5.82. The zero-order valence-corrected chi connectivity index (χ0v) is 12.9. The van der Waals surface area contributed by atoms with Crippen molar-refractivity contribution in [1.29, 1.82) is 0 Å². The third-order valence-electron chi connectivity index (χ3n) is 3.61. The van der Waals surface area contributed by atoms with Gasteiger partial charge < -0.3 is 10.1 Å². The van der Waals surface area contributed by atoms with E-state index < -0.39 is 24.7 Å². The molecule has 0 saturated carbocycles. The van der Waals surface area contributed by atoms with E-state index in [-0.39, 0.29) is 25.7 Å². The third kappa shape index (κ3) is 5.83. The SMILES string of the molecule is C[C@H](CNC(=O)[C@H]1COCCN1CC(F)(F)F)Cn1cccn1. The Hall–Kier alpha value is -1.61. The van der Waals surface area contributed by atoms with E-state index in [1.807, 2.05) is 13.1 Å². The fraction of sp³-hybridized carbons (Fsp3) is 0.714. The molecule has 1 saturated heterocycles. The van der Waals surface area contributed by atoms with E-state index in [2.05, 4.69) is 10.4 Å². The predicted molar refractivity (Wildman–Crippen MR) is 76.6 cm³/mol. The summed E-state index contributed by atoms with van der Waals surface area (Å²) >= 11 is 0. The second-order valence-corrected chi connectivity index (χ2v) is 5.75. The van der Waals surface area contributed by atoms with Crippen LogP contribution in [0, 0.1) is 5.92 Å². The number of aromatic nitrogens is 2. The molecule has 1 aromatic rings. The maximum Gasteiger partial charge on any atom is 0.401 e. The number of carbonyl (C=O) groups is 1. The van der Waals surface area contributed by atoms with Crippen molar-refractivity contribution in [2.24, 2.45) is 5.92 Å². The summed E-state index contributed by atoms with van der Waals surface area (Å²) in [6, 6.07) is 0.905. The maximum absolute atomic E-state index is 12.6. The molecule has 0 radical (unpaired) electrons. The minimum atomic E-state index is -4.33. The first kappa shape index (κ1) is 17.7. The average molecular weight is 334 g/mol. The van der Waals surface area contributed by atoms with Crippen molar-refractivity contribution in [1.82, 2.24) is 20.0 Å². The van der Waals surface area contributed by atoms with Crippen LogP contribution < -0.4 is 5.32 Å². The highest BCUT2D eigenvalue weighted by atomic mass is 19.4. The average Bonchev–Trinajstić information content (AvgIpc) is 2.96. The Balaban J connectivity index is 1.82. The minimum absolute atomic E-state index is 0.0184. The van der Waals surface area contributed by atoms with Gasteiger partial charge in [-0.1, -0.05) is 6.92 Å². The summed E-state index contributed by atoms with van der Waals surface area (Å²) < 4.78 is 44.6. The maximum atomic E-state index is 12.6. The molecule has 2 atom stereocenters.